The van der Waals surface area contributed by atoms with Crippen molar-refractivity contribution in [3.63, 3.8) is 0 Å². The van der Waals surface area contributed by atoms with Crippen molar-refractivity contribution >= 4 is 74.1 Å². The molecule has 4 fully saturated rings. The molecule has 4 aliphatic heterocycles. The summed E-state index contributed by atoms with van der Waals surface area (Å²) in [6.45, 7) is 3.88. The van der Waals surface area contributed by atoms with E-state index in [4.69, 9.17) is 5.73 Å². The van der Waals surface area contributed by atoms with Crippen LogP contribution in [0.5, 0.6) is 0 Å². The van der Waals surface area contributed by atoms with E-state index in [0.717, 1.165) is 69.3 Å². The third-order valence-electron chi connectivity index (χ3n) is 13.7. The van der Waals surface area contributed by atoms with Gasteiger partial charge in [-0.15, -0.1) is 0 Å². The van der Waals surface area contributed by atoms with E-state index in [-0.39, 0.29) is 112 Å². The Bertz CT molecular complexity index is 1880. The number of hydrogen-bond acceptors (Lipinski definition) is 8. The molecule has 14 nitrogen and oxygen atoms in total. The fraction of sp³-hybridized carbons (Fsp3) is 0.640. The van der Waals surface area contributed by atoms with Crippen molar-refractivity contribution in [3.8, 4) is 0 Å². The molecular weight excluding hydrogens is 911 g/mol. The van der Waals surface area contributed by atoms with Crippen LogP contribution < -0.4 is 61.0 Å². The smallest absolute Gasteiger partial charge is 1.00 e. The molecule has 16 heteroatoms. The molecule has 2 aromatic rings. The van der Waals surface area contributed by atoms with Gasteiger partial charge in [-0.05, 0) is 75.6 Å². The van der Waals surface area contributed by atoms with E-state index in [2.05, 4.69) is 36.8 Å². The number of hydrogen-bond donors (Lipinski definition) is 3. The molecule has 362 valence electrons. The summed E-state index contributed by atoms with van der Waals surface area (Å²) >= 11 is 2.84. The van der Waals surface area contributed by atoms with Gasteiger partial charge in [0.25, 0.3) is 0 Å². The number of nitrogens with zero attached hydrogens (tertiary/aromatic N) is 5. The molecule has 66 heavy (non-hydrogen) atoms. The van der Waals surface area contributed by atoms with Crippen molar-refractivity contribution in [1.82, 2.24) is 9.80 Å². The molecule has 0 aromatic heterocycles. The number of para-hydroxylation sites is 4. The first kappa shape index (κ1) is 57.0. The van der Waals surface area contributed by atoms with Crippen molar-refractivity contribution in [1.29, 1.82) is 0 Å². The normalized spacial score (nSPS) is 21.0. The SMILES string of the molecule is C.C.NC(=O)CBr.NC(=O)CN1C(=O)CC(=O)N(C2CCN(C3CCCCCCC3)CC2)c2ccccc21.O=C1CC(=O)N(C2CCN(C3CCCCCCC3)CC2)c2ccccc2N1.[H-].[Na+]. The largest absolute Gasteiger partial charge is 1.00 e. The Morgan fingerprint density at radius 3 is 1.39 bits per heavy atom. The van der Waals surface area contributed by atoms with Crippen LogP contribution in [0.15, 0.2) is 48.5 Å². The summed E-state index contributed by atoms with van der Waals surface area (Å²) in [5.74, 6) is -1.75. The van der Waals surface area contributed by atoms with E-state index in [1.54, 1.807) is 6.07 Å². The van der Waals surface area contributed by atoms with Crippen LogP contribution in [0.4, 0.5) is 22.7 Å². The van der Waals surface area contributed by atoms with E-state index >= 15 is 0 Å². The Kier molecular flexibility index (Phi) is 24.9. The van der Waals surface area contributed by atoms with E-state index in [9.17, 15) is 28.8 Å². The molecule has 0 unspecified atom stereocenters. The van der Waals surface area contributed by atoms with Crippen LogP contribution in [0.25, 0.3) is 0 Å². The fourth-order valence-corrected chi connectivity index (χ4v) is 10.6. The van der Waals surface area contributed by atoms with Gasteiger partial charge >= 0.3 is 29.6 Å². The molecule has 5 N–H and O–H groups in total. The Balaban J connectivity index is 0.000000399. The fourth-order valence-electron chi connectivity index (χ4n) is 10.6. The van der Waals surface area contributed by atoms with E-state index in [1.807, 2.05) is 52.3 Å². The molecule has 2 aromatic carbocycles. The monoisotopic (exact) mass is 989 g/mol. The number of anilines is 4. The first-order chi connectivity index (χ1) is 30.5. The number of carbonyl (C=O) groups excluding carboxylic acids is 6. The number of halogens is 1. The number of piperidine rings is 2. The molecule has 0 bridgehead atoms. The van der Waals surface area contributed by atoms with Crippen LogP contribution in [-0.2, 0) is 28.8 Å². The quantitative estimate of drug-likeness (QED) is 0.197. The summed E-state index contributed by atoms with van der Waals surface area (Å²) in [5.41, 5.74) is 12.9. The maximum Gasteiger partial charge on any atom is 1.00 e. The second-order valence-electron chi connectivity index (χ2n) is 18.0. The molecule has 4 heterocycles. The molecule has 0 atom stereocenters. The second kappa shape index (κ2) is 28.9. The molecule has 2 saturated heterocycles. The third-order valence-corrected chi connectivity index (χ3v) is 14.2. The number of likely N-dealkylation sites (tertiary alicyclic amines) is 2. The van der Waals surface area contributed by atoms with Crippen molar-refractivity contribution in [2.45, 2.75) is 167 Å². The van der Waals surface area contributed by atoms with Gasteiger partial charge < -0.3 is 42.7 Å². The molecule has 8 rings (SSSR count). The number of fused-ring (bicyclic) bond motifs is 2. The Morgan fingerprint density at radius 2 is 0.939 bits per heavy atom. The van der Waals surface area contributed by atoms with Gasteiger partial charge in [-0.3, -0.25) is 28.8 Å². The Morgan fingerprint density at radius 1 is 0.545 bits per heavy atom. The van der Waals surface area contributed by atoms with Crippen LogP contribution in [0, 0.1) is 0 Å². The maximum atomic E-state index is 13.1. The summed E-state index contributed by atoms with van der Waals surface area (Å²) in [6.07, 6.45) is 22.3. The van der Waals surface area contributed by atoms with Gasteiger partial charge in [-0.25, -0.2) is 0 Å². The molecule has 2 saturated carbocycles. The zero-order valence-corrected chi connectivity index (χ0v) is 41.6. The standard InChI is InChI=1S/C24H34N4O3.C22H31N3O2.C2H4BrNO.2CH4.Na.H/c25-22(29)17-27-20-10-6-7-11-21(20)28(24(31)16-23(27)30)19-12-14-26(15-13-19)18-8-4-2-1-3-5-9-18;26-21-16-22(27)25(20-11-7-6-10-19(20)23-21)18-12-14-24(15-13-18)17-8-4-2-1-3-5-9-17;3-1-2(4)5;;;;/h6-7,10-11,18-19H,1-5,8-9,12-17H2,(H2,25,29);6-7,10-11,17-18H,1-5,8-9,12-16H2,(H,23,26);1H2,(H2,4,5);2*1H4;;/q;;;;;+1;-1. The number of carbonyl (C=O) groups is 6. The summed E-state index contributed by atoms with van der Waals surface area (Å²) in [4.78, 5) is 82.2. The zero-order chi connectivity index (χ0) is 44.7. The molecule has 0 spiro atoms. The zero-order valence-electron chi connectivity index (χ0n) is 39.0. The number of nitrogens with two attached hydrogens (primary N) is 2. The first-order valence-electron chi connectivity index (χ1n) is 23.6. The van der Waals surface area contributed by atoms with Gasteiger partial charge in [-0.1, -0.05) is 119 Å². The molecule has 2 aliphatic carbocycles. The Hall–Kier alpha value is -3.34. The van der Waals surface area contributed by atoms with Gasteiger partial charge in [0.1, 0.15) is 19.4 Å². The average molecular weight is 990 g/mol. The first-order valence-corrected chi connectivity index (χ1v) is 24.7. The van der Waals surface area contributed by atoms with Crippen molar-refractivity contribution in [3.05, 3.63) is 48.5 Å². The van der Waals surface area contributed by atoms with Crippen LogP contribution in [0.2, 0.25) is 0 Å². The summed E-state index contributed by atoms with van der Waals surface area (Å²) in [7, 11) is 0. The van der Waals surface area contributed by atoms with Gasteiger partial charge in [0.2, 0.25) is 35.4 Å². The minimum absolute atomic E-state index is 0. The van der Waals surface area contributed by atoms with E-state index < -0.39 is 5.91 Å². The van der Waals surface area contributed by atoms with Crippen LogP contribution in [0.1, 0.15) is 145 Å². The summed E-state index contributed by atoms with van der Waals surface area (Å²) in [6, 6.07) is 16.7. The number of nitrogens with one attached hydrogen (secondary N) is 1. The number of benzene rings is 2. The minimum atomic E-state index is -0.587. The molecular formula is C50H78BrN8NaO6. The third kappa shape index (κ3) is 15.9. The number of primary amides is 2. The summed E-state index contributed by atoms with van der Waals surface area (Å²) in [5, 5.41) is 3.14. The number of alkyl halides is 1. The molecule has 0 radical (unpaired) electrons. The van der Waals surface area contributed by atoms with Crippen molar-refractivity contribution in [2.75, 3.05) is 58.1 Å². The van der Waals surface area contributed by atoms with Crippen molar-refractivity contribution in [2.24, 2.45) is 11.5 Å². The van der Waals surface area contributed by atoms with E-state index in [0.29, 0.717) is 17.4 Å². The second-order valence-corrected chi connectivity index (χ2v) is 18.6. The van der Waals surface area contributed by atoms with Gasteiger partial charge in [0.15, 0.2) is 0 Å². The number of amides is 6. The van der Waals surface area contributed by atoms with Crippen LogP contribution in [0.3, 0.4) is 0 Å². The maximum absolute atomic E-state index is 13.1. The van der Waals surface area contributed by atoms with Crippen LogP contribution >= 0.6 is 15.9 Å². The van der Waals surface area contributed by atoms with Gasteiger partial charge in [0.05, 0.1) is 28.1 Å². The average Bonchev–Trinajstić information content (AvgIpc) is 3.44. The topological polar surface area (TPSA) is 183 Å². The van der Waals surface area contributed by atoms with Gasteiger partial charge in [0, 0.05) is 50.3 Å². The predicted molar refractivity (Wildman–Crippen MR) is 266 cm³/mol. The van der Waals surface area contributed by atoms with E-state index in [1.165, 1.54) is 94.8 Å². The van der Waals surface area contributed by atoms with Gasteiger partial charge in [-0.2, -0.15) is 0 Å². The van der Waals surface area contributed by atoms with Crippen molar-refractivity contribution < 1.29 is 59.8 Å². The minimum Gasteiger partial charge on any atom is -1.00 e. The Labute approximate surface area is 426 Å². The molecule has 6 amide bonds. The molecule has 6 aliphatic rings. The number of rotatable bonds is 7. The summed E-state index contributed by atoms with van der Waals surface area (Å²) < 4.78 is 0. The van der Waals surface area contributed by atoms with Crippen LogP contribution in [-0.4, -0.2) is 107 Å². The predicted octanol–water partition coefficient (Wildman–Crippen LogP) is 5.01.